The van der Waals surface area contributed by atoms with Crippen molar-refractivity contribution in [3.8, 4) is 23.7 Å². The molecule has 3 aromatic heterocycles. The van der Waals surface area contributed by atoms with Crippen LogP contribution >= 0.6 is 0 Å². The summed E-state index contributed by atoms with van der Waals surface area (Å²) in [6.45, 7) is 2.24. The van der Waals surface area contributed by atoms with Crippen LogP contribution in [0.15, 0.2) is 24.5 Å². The molecule has 1 aliphatic rings. The van der Waals surface area contributed by atoms with Crippen molar-refractivity contribution in [2.75, 3.05) is 12.3 Å². The Hall–Kier alpha value is -3.93. The van der Waals surface area contributed by atoms with Crippen LogP contribution in [0.5, 0.6) is 0 Å². The number of benzene rings is 1. The molecule has 0 aliphatic heterocycles. The van der Waals surface area contributed by atoms with Crippen molar-refractivity contribution in [1.29, 1.82) is 0 Å². The maximum atomic E-state index is 14.5. The quantitative estimate of drug-likeness (QED) is 0.417. The first kappa shape index (κ1) is 20.9. The predicted octanol–water partition coefficient (Wildman–Crippen LogP) is 3.39. The largest absolute Gasteiger partial charge is 0.382 e. The number of aromatic nitrogens is 5. The number of hydrogen-bond acceptors (Lipinski definition) is 5. The first-order valence-electron chi connectivity index (χ1n) is 11.0. The number of terminal acetylenes is 1. The fraction of sp³-hybridized carbons (Fsp3) is 0.333. The fourth-order valence-electron chi connectivity index (χ4n) is 4.77. The van der Waals surface area contributed by atoms with Crippen molar-refractivity contribution in [2.24, 2.45) is 5.92 Å². The van der Waals surface area contributed by atoms with Crippen LogP contribution in [0, 0.1) is 24.1 Å². The number of carbonyl (C=O) groups is 1. The molecule has 8 nitrogen and oxygen atoms in total. The lowest BCUT2D eigenvalue weighted by molar-refractivity contribution is -0.119. The van der Waals surface area contributed by atoms with Gasteiger partial charge in [0.15, 0.2) is 5.82 Å². The molecule has 1 aromatic carbocycles. The molecule has 1 saturated carbocycles. The molecule has 0 unspecified atom stereocenters. The fourth-order valence-corrected chi connectivity index (χ4v) is 4.77. The van der Waals surface area contributed by atoms with Crippen LogP contribution < -0.4 is 11.1 Å². The molecule has 0 bridgehead atoms. The second kappa shape index (κ2) is 8.20. The molecule has 1 aliphatic carbocycles. The first-order chi connectivity index (χ1) is 16.0. The van der Waals surface area contributed by atoms with Crippen LogP contribution in [0.3, 0.4) is 0 Å². The van der Waals surface area contributed by atoms with E-state index in [1.54, 1.807) is 16.6 Å². The van der Waals surface area contributed by atoms with Gasteiger partial charge in [-0.15, -0.1) is 6.42 Å². The molecule has 0 saturated heterocycles. The average molecular weight is 446 g/mol. The van der Waals surface area contributed by atoms with Gasteiger partial charge in [0.25, 0.3) is 0 Å². The van der Waals surface area contributed by atoms with Gasteiger partial charge in [0.2, 0.25) is 5.91 Å². The first-order valence-corrected chi connectivity index (χ1v) is 11.0. The summed E-state index contributed by atoms with van der Waals surface area (Å²) < 4.78 is 16.2. The van der Waals surface area contributed by atoms with Crippen LogP contribution in [0.25, 0.3) is 27.8 Å². The van der Waals surface area contributed by atoms with E-state index in [4.69, 9.17) is 17.1 Å². The molecule has 9 heteroatoms. The molecular weight excluding hydrogens is 421 g/mol. The number of H-pyrrole nitrogens is 1. The van der Waals surface area contributed by atoms with Crippen LogP contribution in [0.4, 0.5) is 10.2 Å². The van der Waals surface area contributed by atoms with E-state index >= 15 is 0 Å². The Bertz CT molecular complexity index is 1410. The highest BCUT2D eigenvalue weighted by atomic mass is 19.1. The molecule has 0 radical (unpaired) electrons. The van der Waals surface area contributed by atoms with E-state index < -0.39 is 0 Å². The van der Waals surface area contributed by atoms with E-state index in [0.717, 1.165) is 31.5 Å². The van der Waals surface area contributed by atoms with Crippen LogP contribution in [0.1, 0.15) is 49.9 Å². The van der Waals surface area contributed by atoms with Crippen molar-refractivity contribution in [3.63, 3.8) is 0 Å². The van der Waals surface area contributed by atoms with Crippen molar-refractivity contribution in [1.82, 2.24) is 29.9 Å². The lowest BCUT2D eigenvalue weighted by Gasteiger charge is -2.27. The number of nitrogens with one attached hydrogen (secondary N) is 2. The standard InChI is InChI=1S/C24H24FN7O/c1-3-15-8-9-18(25)17-10-19(30-20(15)17)21-22-23(26)28-12-29-32(22)24(31-21)16-6-4-14(5-7-16)11-27-13(2)33/h1,8-10,12,14,16,30H,4-7,11H2,2H3,(H,27,33)(H2,26,28,29). The van der Waals surface area contributed by atoms with Gasteiger partial charge in [0, 0.05) is 30.3 Å². The summed E-state index contributed by atoms with van der Waals surface area (Å²) in [7, 11) is 0. The number of nitrogens with zero attached hydrogens (tertiary/aromatic N) is 4. The predicted molar refractivity (Wildman–Crippen MR) is 124 cm³/mol. The van der Waals surface area contributed by atoms with Gasteiger partial charge in [-0.3, -0.25) is 4.79 Å². The van der Waals surface area contributed by atoms with E-state index in [0.29, 0.717) is 51.7 Å². The maximum Gasteiger partial charge on any atom is 0.216 e. The minimum Gasteiger partial charge on any atom is -0.382 e. The van der Waals surface area contributed by atoms with Crippen LogP contribution in [0.2, 0.25) is 0 Å². The maximum absolute atomic E-state index is 14.5. The summed E-state index contributed by atoms with van der Waals surface area (Å²) in [6, 6.07) is 4.64. The molecular formula is C24H24FN7O. The third kappa shape index (κ3) is 3.67. The van der Waals surface area contributed by atoms with Gasteiger partial charge < -0.3 is 16.0 Å². The van der Waals surface area contributed by atoms with Gasteiger partial charge in [-0.05, 0) is 49.8 Å². The Labute approximate surface area is 189 Å². The number of aromatic amines is 1. The normalized spacial score (nSPS) is 18.5. The highest BCUT2D eigenvalue weighted by Crippen LogP contribution is 2.38. The summed E-state index contributed by atoms with van der Waals surface area (Å²) in [4.78, 5) is 23.5. The van der Waals surface area contributed by atoms with Gasteiger partial charge >= 0.3 is 0 Å². The lowest BCUT2D eigenvalue weighted by Crippen LogP contribution is -2.29. The Morgan fingerprint density at radius 1 is 1.36 bits per heavy atom. The number of amides is 1. The third-order valence-corrected chi connectivity index (χ3v) is 6.49. The number of nitrogens with two attached hydrogens (primary N) is 1. The molecule has 1 fully saturated rings. The summed E-state index contributed by atoms with van der Waals surface area (Å²) in [5.74, 6) is 3.98. The second-order valence-electron chi connectivity index (χ2n) is 8.59. The molecule has 5 rings (SSSR count). The molecule has 0 atom stereocenters. The van der Waals surface area contributed by atoms with E-state index in [-0.39, 0.29) is 17.6 Å². The van der Waals surface area contributed by atoms with Crippen molar-refractivity contribution in [3.05, 3.63) is 41.7 Å². The Morgan fingerprint density at radius 3 is 2.88 bits per heavy atom. The van der Waals surface area contributed by atoms with Crippen molar-refractivity contribution < 1.29 is 9.18 Å². The summed E-state index contributed by atoms with van der Waals surface area (Å²) in [6.07, 6.45) is 10.8. The van der Waals surface area contributed by atoms with Gasteiger partial charge in [-0.1, -0.05) is 5.92 Å². The van der Waals surface area contributed by atoms with Crippen LogP contribution in [-0.2, 0) is 4.79 Å². The van der Waals surface area contributed by atoms with Gasteiger partial charge in [-0.2, -0.15) is 5.10 Å². The molecule has 1 amide bonds. The number of hydrogen-bond donors (Lipinski definition) is 3. The summed E-state index contributed by atoms with van der Waals surface area (Å²) in [5.41, 5.74) is 9.12. The number of halogens is 1. The Kier molecular flexibility index (Phi) is 5.21. The number of carbonyl (C=O) groups excluding carboxylic acids is 1. The van der Waals surface area contributed by atoms with Gasteiger partial charge in [0.05, 0.1) is 11.2 Å². The van der Waals surface area contributed by atoms with E-state index in [1.165, 1.54) is 19.3 Å². The SMILES string of the molecule is C#Cc1ccc(F)c2cc(-c3nc(C4CCC(CNC(C)=O)CC4)n4ncnc(N)c34)[nH]c12. The summed E-state index contributed by atoms with van der Waals surface area (Å²) >= 11 is 0. The topological polar surface area (TPSA) is 114 Å². The van der Waals surface area contributed by atoms with Crippen molar-refractivity contribution >= 4 is 28.1 Å². The highest BCUT2D eigenvalue weighted by molar-refractivity contribution is 5.94. The molecule has 4 N–H and O–H groups in total. The van der Waals surface area contributed by atoms with Crippen molar-refractivity contribution in [2.45, 2.75) is 38.5 Å². The number of rotatable bonds is 4. The molecule has 168 valence electrons. The lowest BCUT2D eigenvalue weighted by atomic mass is 9.81. The third-order valence-electron chi connectivity index (χ3n) is 6.49. The number of anilines is 1. The van der Waals surface area contributed by atoms with Gasteiger partial charge in [-0.25, -0.2) is 18.9 Å². The van der Waals surface area contributed by atoms with E-state index in [1.807, 2.05) is 0 Å². The highest BCUT2D eigenvalue weighted by Gasteiger charge is 2.29. The van der Waals surface area contributed by atoms with E-state index in [9.17, 15) is 9.18 Å². The zero-order valence-corrected chi connectivity index (χ0v) is 18.2. The smallest absolute Gasteiger partial charge is 0.216 e. The average Bonchev–Trinajstić information content (AvgIpc) is 3.42. The monoisotopic (exact) mass is 445 g/mol. The Morgan fingerprint density at radius 2 is 2.15 bits per heavy atom. The minimum atomic E-state index is -0.364. The van der Waals surface area contributed by atoms with E-state index in [2.05, 4.69) is 26.3 Å². The zero-order valence-electron chi connectivity index (χ0n) is 18.2. The zero-order chi connectivity index (χ0) is 23.1. The Balaban J connectivity index is 1.55. The summed E-state index contributed by atoms with van der Waals surface area (Å²) in [5, 5.41) is 7.75. The number of imidazole rings is 1. The second-order valence-corrected chi connectivity index (χ2v) is 8.59. The molecule has 3 heterocycles. The molecule has 0 spiro atoms. The van der Waals surface area contributed by atoms with Crippen LogP contribution in [-0.4, -0.2) is 37.0 Å². The minimum absolute atomic E-state index is 0.00374. The number of nitrogen functional groups attached to an aromatic ring is 1. The molecule has 4 aromatic rings. The van der Waals surface area contributed by atoms with Gasteiger partial charge in [0.1, 0.15) is 29.2 Å². The number of fused-ring (bicyclic) bond motifs is 2. The molecule has 33 heavy (non-hydrogen) atoms.